The molecule has 0 atom stereocenters. The van der Waals surface area contributed by atoms with Gasteiger partial charge in [-0.05, 0) is 49.4 Å². The lowest BCUT2D eigenvalue weighted by Gasteiger charge is -2.21. The van der Waals surface area contributed by atoms with Crippen molar-refractivity contribution in [3.63, 3.8) is 0 Å². The van der Waals surface area contributed by atoms with Gasteiger partial charge in [0, 0.05) is 12.4 Å². The van der Waals surface area contributed by atoms with Crippen molar-refractivity contribution < 1.29 is 9.53 Å². The first-order valence-corrected chi connectivity index (χ1v) is 11.3. The zero-order valence-corrected chi connectivity index (χ0v) is 18.9. The number of hydrogen-bond donors (Lipinski definition) is 0. The Kier molecular flexibility index (Phi) is 5.35. The van der Waals surface area contributed by atoms with Gasteiger partial charge in [0.05, 0.1) is 27.9 Å². The maximum absolute atomic E-state index is 14.0. The molecule has 33 heavy (non-hydrogen) atoms. The van der Waals surface area contributed by atoms with Crippen LogP contribution in [0, 0.1) is 0 Å². The van der Waals surface area contributed by atoms with Crippen molar-refractivity contribution in [3.05, 3.63) is 88.8 Å². The topological polar surface area (TPSA) is 77.3 Å². The summed E-state index contributed by atoms with van der Waals surface area (Å²) in [5.41, 5.74) is 1.36. The van der Waals surface area contributed by atoms with Crippen LogP contribution in [0.1, 0.15) is 17.4 Å². The number of anilines is 2. The van der Waals surface area contributed by atoms with Gasteiger partial charge in [0.15, 0.2) is 10.8 Å². The Morgan fingerprint density at radius 1 is 1.00 bits per heavy atom. The lowest BCUT2D eigenvalue weighted by Crippen LogP contribution is -2.30. The molecule has 3 aromatic carbocycles. The number of aryl methyl sites for hydroxylation is 1. The fourth-order valence-corrected chi connectivity index (χ4v) is 4.68. The Morgan fingerprint density at radius 2 is 1.70 bits per heavy atom. The summed E-state index contributed by atoms with van der Waals surface area (Å²) >= 11 is 1.42. The molecule has 0 saturated carbocycles. The molecular formula is C25H20N4O3S. The van der Waals surface area contributed by atoms with Crippen molar-refractivity contribution in [1.82, 2.24) is 14.8 Å². The minimum Gasteiger partial charge on any atom is -0.494 e. The second kappa shape index (κ2) is 8.48. The van der Waals surface area contributed by atoms with Gasteiger partial charge < -0.3 is 4.74 Å². The van der Waals surface area contributed by atoms with Crippen LogP contribution < -0.4 is 15.2 Å². The average molecular weight is 457 g/mol. The number of rotatable bonds is 5. The van der Waals surface area contributed by atoms with Crippen LogP contribution in [0.25, 0.3) is 21.0 Å². The van der Waals surface area contributed by atoms with E-state index in [1.54, 1.807) is 36.2 Å². The van der Waals surface area contributed by atoms with E-state index in [1.807, 2.05) is 55.5 Å². The molecule has 0 aliphatic carbocycles. The summed E-state index contributed by atoms with van der Waals surface area (Å²) in [6, 6.07) is 22.0. The van der Waals surface area contributed by atoms with E-state index >= 15 is 0 Å². The first-order chi connectivity index (χ1) is 16.1. The monoisotopic (exact) mass is 456 g/mol. The van der Waals surface area contributed by atoms with Gasteiger partial charge in [-0.25, -0.2) is 9.67 Å². The molecule has 5 aromatic rings. The van der Waals surface area contributed by atoms with E-state index in [1.165, 1.54) is 16.0 Å². The molecule has 0 bridgehead atoms. The van der Waals surface area contributed by atoms with Gasteiger partial charge >= 0.3 is 0 Å². The predicted molar refractivity (Wildman–Crippen MR) is 131 cm³/mol. The highest BCUT2D eigenvalue weighted by molar-refractivity contribution is 7.22. The van der Waals surface area contributed by atoms with Gasteiger partial charge in [0.25, 0.3) is 11.5 Å². The quantitative estimate of drug-likeness (QED) is 0.375. The largest absolute Gasteiger partial charge is 0.494 e. The number of thiazole rings is 1. The van der Waals surface area contributed by atoms with Crippen molar-refractivity contribution in [2.24, 2.45) is 7.05 Å². The first kappa shape index (κ1) is 20.8. The van der Waals surface area contributed by atoms with Gasteiger partial charge in [0.2, 0.25) is 0 Å². The molecule has 0 radical (unpaired) electrons. The number of benzene rings is 3. The van der Waals surface area contributed by atoms with Crippen molar-refractivity contribution >= 4 is 49.1 Å². The molecule has 1 amide bonds. The Hall–Kier alpha value is -4.04. The second-order valence-corrected chi connectivity index (χ2v) is 8.36. The summed E-state index contributed by atoms with van der Waals surface area (Å²) in [5.74, 6) is 0.341. The second-order valence-electron chi connectivity index (χ2n) is 7.35. The molecular weight excluding hydrogens is 436 g/mol. The lowest BCUT2D eigenvalue weighted by atomic mass is 10.1. The highest BCUT2D eigenvalue weighted by Crippen LogP contribution is 2.35. The van der Waals surface area contributed by atoms with Crippen LogP contribution in [0.15, 0.2) is 77.6 Å². The zero-order chi connectivity index (χ0) is 22.9. The summed E-state index contributed by atoms with van der Waals surface area (Å²) in [7, 11) is 1.55. The SMILES string of the molecule is CCOc1ccc(N(C(=O)c2nn(C)c(=O)c3ccccc23)c2nc3ccccc3s2)cc1. The molecule has 7 nitrogen and oxygen atoms in total. The summed E-state index contributed by atoms with van der Waals surface area (Å²) in [6.45, 7) is 2.47. The number of carbonyl (C=O) groups excluding carboxylic acids is 1. The Bertz CT molecular complexity index is 1510. The molecule has 0 spiro atoms. The highest BCUT2D eigenvalue weighted by Gasteiger charge is 2.27. The smallest absolute Gasteiger partial charge is 0.285 e. The van der Waals surface area contributed by atoms with Crippen LogP contribution in [0.3, 0.4) is 0 Å². The number of nitrogens with zero attached hydrogens (tertiary/aromatic N) is 4. The minimum absolute atomic E-state index is 0.181. The van der Waals surface area contributed by atoms with E-state index in [0.717, 1.165) is 10.2 Å². The summed E-state index contributed by atoms with van der Waals surface area (Å²) < 4.78 is 7.72. The molecule has 164 valence electrons. The zero-order valence-electron chi connectivity index (χ0n) is 18.1. The Morgan fingerprint density at radius 3 is 2.42 bits per heavy atom. The molecule has 0 aliphatic heterocycles. The fraction of sp³-hybridized carbons (Fsp3) is 0.120. The third kappa shape index (κ3) is 3.74. The molecule has 5 rings (SSSR count). The third-order valence-corrected chi connectivity index (χ3v) is 6.26. The summed E-state index contributed by atoms with van der Waals surface area (Å²) in [5, 5.41) is 5.80. The Labute approximate surface area is 193 Å². The number of para-hydroxylation sites is 1. The summed E-state index contributed by atoms with van der Waals surface area (Å²) in [4.78, 5) is 32.8. The van der Waals surface area contributed by atoms with Crippen LogP contribution in [-0.4, -0.2) is 27.3 Å². The molecule has 0 unspecified atom stereocenters. The maximum atomic E-state index is 14.0. The van der Waals surface area contributed by atoms with Crippen molar-refractivity contribution in [2.45, 2.75) is 6.92 Å². The predicted octanol–water partition coefficient (Wildman–Crippen LogP) is 4.92. The van der Waals surface area contributed by atoms with Crippen LogP contribution in [0.2, 0.25) is 0 Å². The molecule has 0 N–H and O–H groups in total. The van der Waals surface area contributed by atoms with E-state index in [2.05, 4.69) is 5.10 Å². The van der Waals surface area contributed by atoms with Crippen LogP contribution in [0.4, 0.5) is 10.8 Å². The normalized spacial score (nSPS) is 11.1. The van der Waals surface area contributed by atoms with Gasteiger partial charge in [0.1, 0.15) is 5.75 Å². The first-order valence-electron chi connectivity index (χ1n) is 10.5. The maximum Gasteiger partial charge on any atom is 0.285 e. The van der Waals surface area contributed by atoms with Gasteiger partial charge in [-0.15, -0.1) is 0 Å². The molecule has 0 aliphatic rings. The number of hydrogen-bond acceptors (Lipinski definition) is 6. The summed E-state index contributed by atoms with van der Waals surface area (Å²) in [6.07, 6.45) is 0. The number of aromatic nitrogens is 3. The van der Waals surface area contributed by atoms with E-state index in [0.29, 0.717) is 33.9 Å². The molecule has 2 heterocycles. The molecule has 0 fully saturated rings. The lowest BCUT2D eigenvalue weighted by molar-refractivity contribution is 0.0994. The molecule has 2 aromatic heterocycles. The van der Waals surface area contributed by atoms with Gasteiger partial charge in [-0.1, -0.05) is 41.7 Å². The number of ether oxygens (including phenoxy) is 1. The van der Waals surface area contributed by atoms with Crippen LogP contribution in [-0.2, 0) is 7.05 Å². The minimum atomic E-state index is -0.370. The fourth-order valence-electron chi connectivity index (χ4n) is 3.69. The number of amides is 1. The van der Waals surface area contributed by atoms with Crippen LogP contribution in [0.5, 0.6) is 5.75 Å². The van der Waals surface area contributed by atoms with Crippen molar-refractivity contribution in [2.75, 3.05) is 11.5 Å². The Balaban J connectivity index is 1.71. The van der Waals surface area contributed by atoms with E-state index in [4.69, 9.17) is 9.72 Å². The van der Waals surface area contributed by atoms with Gasteiger partial charge in [-0.2, -0.15) is 5.10 Å². The standard InChI is InChI=1S/C25H20N4O3S/c1-3-32-17-14-12-16(13-15-17)29(25-26-20-10-6-7-11-21(20)33-25)24(31)22-18-8-4-5-9-19(18)23(30)28(2)27-22/h4-15H,3H2,1-2H3. The van der Waals surface area contributed by atoms with Crippen molar-refractivity contribution in [1.29, 1.82) is 0 Å². The number of carbonyl (C=O) groups is 1. The average Bonchev–Trinajstić information content (AvgIpc) is 3.26. The van der Waals surface area contributed by atoms with E-state index < -0.39 is 0 Å². The van der Waals surface area contributed by atoms with Gasteiger partial charge in [-0.3, -0.25) is 14.5 Å². The number of fused-ring (bicyclic) bond motifs is 2. The molecule has 0 saturated heterocycles. The van der Waals surface area contributed by atoms with E-state index in [9.17, 15) is 9.59 Å². The van der Waals surface area contributed by atoms with Crippen LogP contribution >= 0.6 is 11.3 Å². The molecule has 8 heteroatoms. The van der Waals surface area contributed by atoms with Crippen molar-refractivity contribution in [3.8, 4) is 5.75 Å². The van der Waals surface area contributed by atoms with E-state index in [-0.39, 0.29) is 17.2 Å². The third-order valence-electron chi connectivity index (χ3n) is 5.24. The highest BCUT2D eigenvalue weighted by atomic mass is 32.1.